The molecule has 4 rings (SSSR count). The van der Waals surface area contributed by atoms with Crippen LogP contribution in [0.1, 0.15) is 70.3 Å². The van der Waals surface area contributed by atoms with Crippen molar-refractivity contribution in [2.75, 3.05) is 7.05 Å². The van der Waals surface area contributed by atoms with Crippen molar-refractivity contribution in [2.24, 2.45) is 7.05 Å². The second-order valence-electron chi connectivity index (χ2n) is 8.60. The van der Waals surface area contributed by atoms with Crippen molar-refractivity contribution in [1.82, 2.24) is 25.0 Å². The zero-order chi connectivity index (χ0) is 22.3. The third-order valence-electron chi connectivity index (χ3n) is 5.86. The van der Waals surface area contributed by atoms with Crippen molar-refractivity contribution in [3.05, 3.63) is 58.4 Å². The molecule has 3 aromatic rings. The fourth-order valence-corrected chi connectivity index (χ4v) is 3.94. The maximum Gasteiger partial charge on any atom is 0.255 e. The third-order valence-corrected chi connectivity index (χ3v) is 5.86. The van der Waals surface area contributed by atoms with Crippen molar-refractivity contribution >= 4 is 22.8 Å². The zero-order valence-electron chi connectivity index (χ0n) is 18.8. The van der Waals surface area contributed by atoms with Gasteiger partial charge in [-0.15, -0.1) is 0 Å². The summed E-state index contributed by atoms with van der Waals surface area (Å²) >= 11 is 0. The van der Waals surface area contributed by atoms with Crippen molar-refractivity contribution < 1.29 is 9.59 Å². The molecule has 1 aliphatic carbocycles. The second kappa shape index (κ2) is 8.13. The lowest BCUT2D eigenvalue weighted by Crippen LogP contribution is -2.33. The van der Waals surface area contributed by atoms with Gasteiger partial charge in [0.15, 0.2) is 5.65 Å². The van der Waals surface area contributed by atoms with Crippen molar-refractivity contribution in [1.29, 1.82) is 0 Å². The van der Waals surface area contributed by atoms with Crippen LogP contribution in [0.5, 0.6) is 0 Å². The Morgan fingerprint density at radius 3 is 2.48 bits per heavy atom. The number of benzene rings is 1. The van der Waals surface area contributed by atoms with Crippen molar-refractivity contribution in [3.63, 3.8) is 0 Å². The Balaban J connectivity index is 1.71. The van der Waals surface area contributed by atoms with Crippen LogP contribution in [0.25, 0.3) is 11.0 Å². The number of carbonyl (C=O) groups excluding carboxylic acids is 2. The molecule has 1 aliphatic rings. The van der Waals surface area contributed by atoms with Gasteiger partial charge in [0.05, 0.1) is 16.6 Å². The molecule has 2 amide bonds. The number of hydrogen-bond acceptors (Lipinski definition) is 4. The fraction of sp³-hybridized carbons (Fsp3) is 0.417. The molecular formula is C24H29N5O2. The van der Waals surface area contributed by atoms with Gasteiger partial charge in [0.25, 0.3) is 11.8 Å². The molecule has 7 nitrogen and oxygen atoms in total. The highest BCUT2D eigenvalue weighted by molar-refractivity contribution is 6.06. The zero-order valence-corrected chi connectivity index (χ0v) is 18.8. The van der Waals surface area contributed by atoms with Gasteiger partial charge in [0.1, 0.15) is 0 Å². The molecule has 0 aliphatic heterocycles. The van der Waals surface area contributed by atoms with Crippen molar-refractivity contribution in [3.8, 4) is 0 Å². The first-order valence-corrected chi connectivity index (χ1v) is 10.8. The number of amides is 2. The summed E-state index contributed by atoms with van der Waals surface area (Å²) in [4.78, 5) is 32.3. The van der Waals surface area contributed by atoms with E-state index in [9.17, 15) is 9.59 Å². The second-order valence-corrected chi connectivity index (χ2v) is 8.60. The van der Waals surface area contributed by atoms with E-state index in [0.717, 1.165) is 40.8 Å². The molecule has 0 unspecified atom stereocenters. The van der Waals surface area contributed by atoms with E-state index in [0.29, 0.717) is 17.7 Å². The Kier molecular flexibility index (Phi) is 5.52. The average Bonchev–Trinajstić information content (AvgIpc) is 3.56. The minimum atomic E-state index is -0.117. The Hall–Kier alpha value is -3.22. The summed E-state index contributed by atoms with van der Waals surface area (Å²) in [5.41, 5.74) is 4.74. The van der Waals surface area contributed by atoms with Crippen molar-refractivity contribution in [2.45, 2.75) is 52.1 Å². The highest BCUT2D eigenvalue weighted by Crippen LogP contribution is 2.33. The molecule has 162 valence electrons. The van der Waals surface area contributed by atoms with Gasteiger partial charge < -0.3 is 10.2 Å². The first-order valence-electron chi connectivity index (χ1n) is 10.8. The van der Waals surface area contributed by atoms with E-state index in [2.05, 4.69) is 24.3 Å². The predicted octanol–water partition coefficient (Wildman–Crippen LogP) is 3.56. The number of carbonyl (C=O) groups is 2. The van der Waals surface area contributed by atoms with Gasteiger partial charge in [-0.25, -0.2) is 4.98 Å². The fourth-order valence-electron chi connectivity index (χ4n) is 3.94. The third kappa shape index (κ3) is 4.04. The van der Waals surface area contributed by atoms with E-state index in [4.69, 9.17) is 4.98 Å². The Bertz CT molecular complexity index is 1140. The molecule has 0 saturated heterocycles. The van der Waals surface area contributed by atoms with Gasteiger partial charge >= 0.3 is 0 Å². The van der Waals surface area contributed by atoms with E-state index in [1.54, 1.807) is 23.9 Å². The molecule has 0 radical (unpaired) electrons. The molecule has 0 spiro atoms. The SMILES string of the molecule is CNC(=O)c1ccc(CN(C(=O)c2cc(C(C)C)nc3c2c(C)nn3C)C2CC2)cc1. The highest BCUT2D eigenvalue weighted by atomic mass is 16.2. The number of nitrogens with zero attached hydrogens (tertiary/aromatic N) is 4. The molecule has 0 bridgehead atoms. The maximum absolute atomic E-state index is 13.8. The minimum absolute atomic E-state index is 0.0169. The lowest BCUT2D eigenvalue weighted by Gasteiger charge is -2.24. The molecule has 31 heavy (non-hydrogen) atoms. The standard InChI is InChI=1S/C24H29N5O2/c1-14(2)20-12-19(21-15(3)27-28(5)22(21)26-20)24(31)29(18-10-11-18)13-16-6-8-17(9-7-16)23(30)25-4/h6-9,12,14,18H,10-11,13H2,1-5H3,(H,25,30). The average molecular weight is 420 g/mol. The topological polar surface area (TPSA) is 80.1 Å². The van der Waals surface area contributed by atoms with E-state index in [-0.39, 0.29) is 23.8 Å². The molecule has 0 atom stereocenters. The lowest BCUT2D eigenvalue weighted by atomic mass is 10.0. The molecular weight excluding hydrogens is 390 g/mol. The van der Waals surface area contributed by atoms with Gasteiger partial charge in [0.2, 0.25) is 0 Å². The molecule has 1 saturated carbocycles. The van der Waals surface area contributed by atoms with Crippen LogP contribution in [0.2, 0.25) is 0 Å². The van der Waals surface area contributed by atoms with Crippen LogP contribution in [-0.4, -0.2) is 44.6 Å². The Morgan fingerprint density at radius 1 is 1.23 bits per heavy atom. The largest absolute Gasteiger partial charge is 0.355 e. The summed E-state index contributed by atoms with van der Waals surface area (Å²) in [7, 11) is 3.48. The van der Waals surface area contributed by atoms with Crippen LogP contribution in [0, 0.1) is 6.92 Å². The summed E-state index contributed by atoms with van der Waals surface area (Å²) in [5, 5.41) is 7.98. The van der Waals surface area contributed by atoms with Crippen LogP contribution in [0.4, 0.5) is 0 Å². The first kappa shape index (κ1) is 21.0. The summed E-state index contributed by atoms with van der Waals surface area (Å²) < 4.78 is 1.76. The van der Waals surface area contributed by atoms with Gasteiger partial charge in [-0.2, -0.15) is 5.10 Å². The number of pyridine rings is 1. The molecule has 7 heteroatoms. The number of nitrogens with one attached hydrogen (secondary N) is 1. The summed E-state index contributed by atoms with van der Waals surface area (Å²) in [5.74, 6) is 0.107. The number of hydrogen-bond donors (Lipinski definition) is 1. The van der Waals surface area contributed by atoms with Gasteiger partial charge in [-0.3, -0.25) is 14.3 Å². The molecule has 2 aromatic heterocycles. The smallest absolute Gasteiger partial charge is 0.255 e. The first-order chi connectivity index (χ1) is 14.8. The predicted molar refractivity (Wildman–Crippen MR) is 120 cm³/mol. The molecule has 2 heterocycles. The lowest BCUT2D eigenvalue weighted by molar-refractivity contribution is 0.0731. The quantitative estimate of drug-likeness (QED) is 0.662. The van der Waals surface area contributed by atoms with Crippen LogP contribution >= 0.6 is 0 Å². The van der Waals surface area contributed by atoms with Crippen LogP contribution < -0.4 is 5.32 Å². The maximum atomic E-state index is 13.8. The van der Waals surface area contributed by atoms with Gasteiger partial charge in [-0.05, 0) is 49.4 Å². The van der Waals surface area contributed by atoms with Crippen LogP contribution in [0.15, 0.2) is 30.3 Å². The monoisotopic (exact) mass is 419 g/mol. The van der Waals surface area contributed by atoms with E-state index in [1.807, 2.05) is 37.1 Å². The molecule has 1 N–H and O–H groups in total. The number of rotatable bonds is 6. The highest BCUT2D eigenvalue weighted by Gasteiger charge is 2.34. The van der Waals surface area contributed by atoms with Gasteiger partial charge in [0, 0.05) is 37.9 Å². The van der Waals surface area contributed by atoms with Gasteiger partial charge in [-0.1, -0.05) is 26.0 Å². The minimum Gasteiger partial charge on any atom is -0.355 e. The summed E-state index contributed by atoms with van der Waals surface area (Å²) in [6.07, 6.45) is 2.03. The Labute approximate surface area is 182 Å². The van der Waals surface area contributed by atoms with E-state index in [1.165, 1.54) is 0 Å². The summed E-state index contributed by atoms with van der Waals surface area (Å²) in [6, 6.07) is 9.63. The van der Waals surface area contributed by atoms with Crippen LogP contribution in [-0.2, 0) is 13.6 Å². The van der Waals surface area contributed by atoms with E-state index >= 15 is 0 Å². The normalized spacial score (nSPS) is 13.6. The number of aryl methyl sites for hydroxylation is 2. The Morgan fingerprint density at radius 2 is 1.90 bits per heavy atom. The summed E-state index contributed by atoms with van der Waals surface area (Å²) in [6.45, 7) is 6.60. The molecule has 1 aromatic carbocycles. The van der Waals surface area contributed by atoms with E-state index < -0.39 is 0 Å². The van der Waals surface area contributed by atoms with Crippen LogP contribution in [0.3, 0.4) is 0 Å². The molecule has 1 fully saturated rings. The number of fused-ring (bicyclic) bond motifs is 1. The number of aromatic nitrogens is 3.